The topological polar surface area (TPSA) is 12.0 Å². The van der Waals surface area contributed by atoms with Crippen LogP contribution in [0.4, 0.5) is 0 Å². The van der Waals surface area contributed by atoms with E-state index in [1.807, 2.05) is 11.3 Å². The van der Waals surface area contributed by atoms with Crippen LogP contribution in [0.3, 0.4) is 0 Å². The van der Waals surface area contributed by atoms with Gasteiger partial charge in [-0.2, -0.15) is 0 Å². The van der Waals surface area contributed by atoms with E-state index in [0.717, 1.165) is 18.4 Å². The Bertz CT molecular complexity index is 354. The Morgan fingerprint density at radius 2 is 2.19 bits per heavy atom. The Morgan fingerprint density at radius 1 is 1.44 bits per heavy atom. The van der Waals surface area contributed by atoms with Gasteiger partial charge in [-0.25, -0.2) is 0 Å². The van der Waals surface area contributed by atoms with Crippen molar-refractivity contribution in [1.29, 1.82) is 0 Å². The van der Waals surface area contributed by atoms with Crippen molar-refractivity contribution in [3.05, 3.63) is 21.4 Å². The summed E-state index contributed by atoms with van der Waals surface area (Å²) in [6.45, 7) is 10.2. The lowest BCUT2D eigenvalue weighted by Crippen LogP contribution is -2.23. The molecule has 2 rings (SSSR count). The van der Waals surface area contributed by atoms with E-state index in [0.29, 0.717) is 6.04 Å². The van der Waals surface area contributed by atoms with Gasteiger partial charge in [-0.15, -0.1) is 11.3 Å². The van der Waals surface area contributed by atoms with Crippen LogP contribution in [0.25, 0.3) is 0 Å². The van der Waals surface area contributed by atoms with Crippen LogP contribution in [0.15, 0.2) is 5.38 Å². The maximum absolute atomic E-state index is 3.54. The van der Waals surface area contributed by atoms with Crippen molar-refractivity contribution in [2.45, 2.75) is 59.0 Å². The molecule has 1 aliphatic rings. The van der Waals surface area contributed by atoms with E-state index in [-0.39, 0.29) is 0 Å². The van der Waals surface area contributed by atoms with E-state index in [4.69, 9.17) is 0 Å². The summed E-state index contributed by atoms with van der Waals surface area (Å²) >= 11 is 1.97. The van der Waals surface area contributed by atoms with Crippen LogP contribution in [0.1, 0.15) is 56.0 Å². The van der Waals surface area contributed by atoms with Gasteiger partial charge in [-0.1, -0.05) is 27.7 Å². The molecule has 0 saturated carbocycles. The van der Waals surface area contributed by atoms with Crippen LogP contribution < -0.4 is 5.32 Å². The van der Waals surface area contributed by atoms with Crippen molar-refractivity contribution in [3.63, 3.8) is 0 Å². The quantitative estimate of drug-likeness (QED) is 0.840. The number of hydrogen-bond acceptors (Lipinski definition) is 2. The van der Waals surface area contributed by atoms with E-state index in [1.54, 1.807) is 16.0 Å². The number of hydrogen-bond donors (Lipinski definition) is 1. The van der Waals surface area contributed by atoms with Crippen LogP contribution in [0, 0.1) is 5.92 Å². The molecule has 2 heteroatoms. The third-order valence-electron chi connectivity index (χ3n) is 3.47. The second kappa shape index (κ2) is 4.89. The molecule has 1 aliphatic carbocycles. The lowest BCUT2D eigenvalue weighted by Gasteiger charge is -2.26. The second-order valence-corrected chi connectivity index (χ2v) is 6.54. The van der Waals surface area contributed by atoms with Crippen molar-refractivity contribution < 1.29 is 0 Å². The molecule has 1 nitrogen and oxygen atoms in total. The maximum Gasteiger partial charge on any atom is 0.0219 e. The third-order valence-corrected chi connectivity index (χ3v) is 4.55. The SMILES string of the molecule is CC1Cc2scc(CNC(C)C)c2C(C)C1. The molecule has 90 valence electrons. The molecule has 16 heavy (non-hydrogen) atoms. The first-order valence-electron chi connectivity index (χ1n) is 6.40. The molecule has 1 aromatic rings. The van der Waals surface area contributed by atoms with E-state index < -0.39 is 0 Å². The first kappa shape index (κ1) is 12.1. The Labute approximate surface area is 103 Å². The molecule has 1 aromatic heterocycles. The fourth-order valence-corrected chi connectivity index (χ4v) is 4.10. The zero-order valence-corrected chi connectivity index (χ0v) is 11.7. The van der Waals surface area contributed by atoms with Crippen molar-refractivity contribution in [1.82, 2.24) is 5.32 Å². The van der Waals surface area contributed by atoms with Gasteiger partial charge in [-0.3, -0.25) is 0 Å². The van der Waals surface area contributed by atoms with E-state index in [9.17, 15) is 0 Å². The highest BCUT2D eigenvalue weighted by Crippen LogP contribution is 2.40. The average molecular weight is 237 g/mol. The van der Waals surface area contributed by atoms with Gasteiger partial charge in [0.1, 0.15) is 0 Å². The fourth-order valence-electron chi connectivity index (χ4n) is 2.77. The smallest absolute Gasteiger partial charge is 0.0219 e. The summed E-state index contributed by atoms with van der Waals surface area (Å²) in [6.07, 6.45) is 2.66. The normalized spacial score (nSPS) is 24.8. The summed E-state index contributed by atoms with van der Waals surface area (Å²) < 4.78 is 0. The Hall–Kier alpha value is -0.340. The predicted octanol–water partition coefficient (Wildman–Crippen LogP) is 3.93. The molecular formula is C14H23NS. The van der Waals surface area contributed by atoms with Gasteiger partial charge in [0.15, 0.2) is 0 Å². The molecule has 1 N–H and O–H groups in total. The molecule has 1 heterocycles. The summed E-state index contributed by atoms with van der Waals surface area (Å²) in [4.78, 5) is 1.65. The summed E-state index contributed by atoms with van der Waals surface area (Å²) in [6, 6.07) is 0.577. The zero-order chi connectivity index (χ0) is 11.7. The molecular weight excluding hydrogens is 214 g/mol. The predicted molar refractivity (Wildman–Crippen MR) is 72.2 cm³/mol. The van der Waals surface area contributed by atoms with Crippen molar-refractivity contribution in [2.24, 2.45) is 5.92 Å². The van der Waals surface area contributed by atoms with Gasteiger partial charge < -0.3 is 5.32 Å². The minimum atomic E-state index is 0.577. The second-order valence-electron chi connectivity index (χ2n) is 5.58. The lowest BCUT2D eigenvalue weighted by molar-refractivity contribution is 0.451. The molecule has 0 saturated heterocycles. The summed E-state index contributed by atoms with van der Waals surface area (Å²) in [5.41, 5.74) is 3.21. The number of nitrogens with one attached hydrogen (secondary N) is 1. The van der Waals surface area contributed by atoms with Gasteiger partial charge in [0.05, 0.1) is 0 Å². The van der Waals surface area contributed by atoms with E-state index in [1.165, 1.54) is 12.8 Å². The first-order valence-corrected chi connectivity index (χ1v) is 7.28. The summed E-state index contributed by atoms with van der Waals surface area (Å²) in [5.74, 6) is 1.63. The van der Waals surface area contributed by atoms with Crippen molar-refractivity contribution in [2.75, 3.05) is 0 Å². The van der Waals surface area contributed by atoms with Gasteiger partial charge in [-0.05, 0) is 41.2 Å². The third kappa shape index (κ3) is 2.49. The van der Waals surface area contributed by atoms with Gasteiger partial charge in [0.2, 0.25) is 0 Å². The van der Waals surface area contributed by atoms with Crippen molar-refractivity contribution in [3.8, 4) is 0 Å². The van der Waals surface area contributed by atoms with E-state index >= 15 is 0 Å². The zero-order valence-electron chi connectivity index (χ0n) is 10.8. The lowest BCUT2D eigenvalue weighted by atomic mass is 9.81. The highest BCUT2D eigenvalue weighted by Gasteiger charge is 2.25. The molecule has 0 bridgehead atoms. The molecule has 0 amide bonds. The van der Waals surface area contributed by atoms with E-state index in [2.05, 4.69) is 38.4 Å². The van der Waals surface area contributed by atoms with Crippen LogP contribution in [-0.4, -0.2) is 6.04 Å². The van der Waals surface area contributed by atoms with Crippen LogP contribution in [0.5, 0.6) is 0 Å². The Morgan fingerprint density at radius 3 is 2.88 bits per heavy atom. The number of thiophene rings is 1. The summed E-state index contributed by atoms with van der Waals surface area (Å²) in [5, 5.41) is 5.91. The van der Waals surface area contributed by atoms with Crippen LogP contribution >= 0.6 is 11.3 Å². The Kier molecular flexibility index (Phi) is 3.70. The van der Waals surface area contributed by atoms with Gasteiger partial charge in [0.25, 0.3) is 0 Å². The molecule has 0 fully saturated rings. The fraction of sp³-hybridized carbons (Fsp3) is 0.714. The molecule has 2 unspecified atom stereocenters. The monoisotopic (exact) mass is 237 g/mol. The highest BCUT2D eigenvalue weighted by molar-refractivity contribution is 7.10. The van der Waals surface area contributed by atoms with Gasteiger partial charge >= 0.3 is 0 Å². The maximum atomic E-state index is 3.54. The highest BCUT2D eigenvalue weighted by atomic mass is 32.1. The molecule has 0 aromatic carbocycles. The number of rotatable bonds is 3. The Balaban J connectivity index is 2.16. The van der Waals surface area contributed by atoms with Crippen LogP contribution in [-0.2, 0) is 13.0 Å². The van der Waals surface area contributed by atoms with Crippen molar-refractivity contribution >= 4 is 11.3 Å². The summed E-state index contributed by atoms with van der Waals surface area (Å²) in [7, 11) is 0. The standard InChI is InChI=1S/C14H23NS/c1-9(2)15-7-12-8-16-13-6-10(3)5-11(4)14(12)13/h8-11,15H,5-7H2,1-4H3. The molecule has 0 spiro atoms. The largest absolute Gasteiger partial charge is 0.310 e. The average Bonchev–Trinajstić information content (AvgIpc) is 2.57. The number of fused-ring (bicyclic) bond motifs is 1. The minimum Gasteiger partial charge on any atom is -0.310 e. The van der Waals surface area contributed by atoms with Crippen LogP contribution in [0.2, 0.25) is 0 Å². The minimum absolute atomic E-state index is 0.577. The molecule has 0 aliphatic heterocycles. The molecule has 2 atom stereocenters. The first-order chi connectivity index (χ1) is 7.58. The molecule has 0 radical (unpaired) electrons. The van der Waals surface area contributed by atoms with Gasteiger partial charge in [0, 0.05) is 17.5 Å².